The number of aryl methyl sites for hydroxylation is 3. The third-order valence-corrected chi connectivity index (χ3v) is 4.00. The Balaban J connectivity index is 2.42. The molecule has 2 rings (SSSR count). The fourth-order valence-corrected chi connectivity index (χ4v) is 3.23. The lowest BCUT2D eigenvalue weighted by molar-refractivity contribution is 0.644. The van der Waals surface area contributed by atoms with Gasteiger partial charge in [0, 0.05) is 23.0 Å². The predicted molar refractivity (Wildman–Crippen MR) is 74.1 cm³/mol. The quantitative estimate of drug-likeness (QED) is 0.902. The lowest BCUT2D eigenvalue weighted by Crippen LogP contribution is -2.09. The Hall–Kier alpha value is -1.29. The molecule has 0 aliphatic carbocycles. The van der Waals surface area contributed by atoms with Crippen molar-refractivity contribution in [2.45, 2.75) is 33.7 Å². The molecule has 0 aromatic carbocycles. The van der Waals surface area contributed by atoms with E-state index >= 15 is 0 Å². The van der Waals surface area contributed by atoms with Gasteiger partial charge in [0.1, 0.15) is 0 Å². The molecule has 2 heterocycles. The minimum absolute atomic E-state index is 0.323. The summed E-state index contributed by atoms with van der Waals surface area (Å²) in [5.74, 6) is 0.929. The van der Waals surface area contributed by atoms with Crippen LogP contribution in [0, 0.1) is 20.8 Å². The molecule has 17 heavy (non-hydrogen) atoms. The minimum Gasteiger partial charge on any atom is -0.359 e. The van der Waals surface area contributed by atoms with Crippen molar-refractivity contribution in [2.75, 3.05) is 12.4 Å². The molecule has 4 heteroatoms. The lowest BCUT2D eigenvalue weighted by Gasteiger charge is -2.16. The second-order valence-corrected chi connectivity index (χ2v) is 5.87. The molecule has 1 N–H and O–H groups in total. The van der Waals surface area contributed by atoms with Gasteiger partial charge < -0.3 is 9.88 Å². The molecule has 1 atom stereocenters. The molecule has 0 saturated heterocycles. The molecule has 1 unspecified atom stereocenters. The number of aromatic nitrogens is 2. The summed E-state index contributed by atoms with van der Waals surface area (Å²) in [6.45, 7) is 8.59. The van der Waals surface area contributed by atoms with E-state index in [1.54, 1.807) is 0 Å². The Morgan fingerprint density at radius 3 is 2.59 bits per heavy atom. The number of nitrogens with zero attached hydrogens (tertiary/aromatic N) is 2. The Morgan fingerprint density at radius 1 is 1.35 bits per heavy atom. The second kappa shape index (κ2) is 4.53. The molecule has 0 amide bonds. The zero-order valence-electron chi connectivity index (χ0n) is 11.0. The number of nitrogens with one attached hydrogen (secondary N) is 1. The Kier molecular flexibility index (Phi) is 3.24. The van der Waals surface area contributed by atoms with Crippen molar-refractivity contribution in [2.24, 2.45) is 0 Å². The highest BCUT2D eigenvalue weighted by atomic mass is 32.1. The summed E-state index contributed by atoms with van der Waals surface area (Å²) in [4.78, 5) is 7.23. The van der Waals surface area contributed by atoms with Gasteiger partial charge in [-0.2, -0.15) is 0 Å². The van der Waals surface area contributed by atoms with E-state index in [9.17, 15) is 0 Å². The molecule has 0 saturated carbocycles. The van der Waals surface area contributed by atoms with Gasteiger partial charge in [-0.3, -0.25) is 0 Å². The lowest BCUT2D eigenvalue weighted by atomic mass is 10.1. The van der Waals surface area contributed by atoms with Gasteiger partial charge >= 0.3 is 0 Å². The van der Waals surface area contributed by atoms with Crippen LogP contribution in [0.15, 0.2) is 12.3 Å². The SMILES string of the molecule is CNc1nc(C)cn1C(C)c1cc(C)sc1C. The van der Waals surface area contributed by atoms with E-state index in [1.165, 1.54) is 15.3 Å². The number of rotatable bonds is 3. The molecule has 2 aromatic rings. The summed E-state index contributed by atoms with van der Waals surface area (Å²) in [5, 5.41) is 3.15. The van der Waals surface area contributed by atoms with Gasteiger partial charge in [-0.1, -0.05) is 0 Å². The molecule has 0 spiro atoms. The first-order valence-corrected chi connectivity index (χ1v) is 6.64. The first-order valence-electron chi connectivity index (χ1n) is 5.83. The van der Waals surface area contributed by atoms with Gasteiger partial charge in [-0.25, -0.2) is 4.98 Å². The van der Waals surface area contributed by atoms with Gasteiger partial charge in [-0.05, 0) is 39.3 Å². The predicted octanol–water partition coefficient (Wildman–Crippen LogP) is 3.52. The van der Waals surface area contributed by atoms with Crippen LogP contribution >= 0.6 is 11.3 Å². The summed E-state index contributed by atoms with van der Waals surface area (Å²) in [6, 6.07) is 2.60. The molecule has 3 nitrogen and oxygen atoms in total. The zero-order valence-corrected chi connectivity index (χ0v) is 11.9. The zero-order chi connectivity index (χ0) is 12.6. The van der Waals surface area contributed by atoms with E-state index in [2.05, 4.69) is 47.9 Å². The van der Waals surface area contributed by atoms with Gasteiger partial charge in [0.2, 0.25) is 5.95 Å². The van der Waals surface area contributed by atoms with Gasteiger partial charge in [0.25, 0.3) is 0 Å². The maximum atomic E-state index is 4.47. The summed E-state index contributed by atoms with van der Waals surface area (Å²) in [6.07, 6.45) is 2.10. The average molecular weight is 249 g/mol. The van der Waals surface area contributed by atoms with E-state index in [0.717, 1.165) is 11.6 Å². The fraction of sp³-hybridized carbons (Fsp3) is 0.462. The molecule has 2 aromatic heterocycles. The summed E-state index contributed by atoms with van der Waals surface area (Å²) in [5.41, 5.74) is 2.44. The van der Waals surface area contributed by atoms with Crippen LogP contribution in [0.1, 0.15) is 34.0 Å². The number of anilines is 1. The highest BCUT2D eigenvalue weighted by Crippen LogP contribution is 2.30. The van der Waals surface area contributed by atoms with E-state index in [0.29, 0.717) is 6.04 Å². The summed E-state index contributed by atoms with van der Waals surface area (Å²) >= 11 is 1.86. The Bertz CT molecular complexity index is 525. The average Bonchev–Trinajstić information content (AvgIpc) is 2.80. The maximum absolute atomic E-state index is 4.47. The fourth-order valence-electron chi connectivity index (χ4n) is 2.21. The van der Waals surface area contributed by atoms with Crippen LogP contribution in [0.25, 0.3) is 0 Å². The molecule has 0 radical (unpaired) electrons. The van der Waals surface area contributed by atoms with Crippen molar-refractivity contribution in [1.82, 2.24) is 9.55 Å². The highest BCUT2D eigenvalue weighted by Gasteiger charge is 2.16. The van der Waals surface area contributed by atoms with Crippen LogP contribution in [0.5, 0.6) is 0 Å². The Morgan fingerprint density at radius 2 is 2.06 bits per heavy atom. The van der Waals surface area contributed by atoms with Gasteiger partial charge in [0.05, 0.1) is 11.7 Å². The van der Waals surface area contributed by atoms with Crippen LogP contribution in [0.3, 0.4) is 0 Å². The van der Waals surface area contributed by atoms with E-state index in [4.69, 9.17) is 0 Å². The van der Waals surface area contributed by atoms with Crippen molar-refractivity contribution >= 4 is 17.3 Å². The van der Waals surface area contributed by atoms with Gasteiger partial charge in [-0.15, -0.1) is 11.3 Å². The third-order valence-electron chi connectivity index (χ3n) is 3.02. The molecular formula is C13H19N3S. The van der Waals surface area contributed by atoms with Crippen molar-refractivity contribution in [1.29, 1.82) is 0 Å². The number of hydrogen-bond donors (Lipinski definition) is 1. The molecule has 0 aliphatic rings. The number of thiophene rings is 1. The van der Waals surface area contributed by atoms with E-state index in [-0.39, 0.29) is 0 Å². The van der Waals surface area contributed by atoms with Crippen molar-refractivity contribution < 1.29 is 0 Å². The van der Waals surface area contributed by atoms with Crippen molar-refractivity contribution in [3.05, 3.63) is 33.3 Å². The maximum Gasteiger partial charge on any atom is 0.203 e. The largest absolute Gasteiger partial charge is 0.359 e. The standard InChI is InChI=1S/C13H19N3S/c1-8-7-16(13(14-5)15-8)10(3)12-6-9(2)17-11(12)4/h6-7,10H,1-5H3,(H,14,15). The van der Waals surface area contributed by atoms with Gasteiger partial charge in [0.15, 0.2) is 0 Å². The summed E-state index contributed by atoms with van der Waals surface area (Å²) < 4.78 is 2.20. The van der Waals surface area contributed by atoms with Crippen LogP contribution in [0.2, 0.25) is 0 Å². The van der Waals surface area contributed by atoms with Crippen molar-refractivity contribution in [3.63, 3.8) is 0 Å². The third kappa shape index (κ3) is 2.22. The molecule has 0 fully saturated rings. The molecular weight excluding hydrogens is 230 g/mol. The van der Waals surface area contributed by atoms with Crippen LogP contribution in [0.4, 0.5) is 5.95 Å². The number of imidazole rings is 1. The van der Waals surface area contributed by atoms with E-state index in [1.807, 2.05) is 25.3 Å². The monoisotopic (exact) mass is 249 g/mol. The number of hydrogen-bond acceptors (Lipinski definition) is 3. The van der Waals surface area contributed by atoms with Crippen LogP contribution < -0.4 is 5.32 Å². The highest BCUT2D eigenvalue weighted by molar-refractivity contribution is 7.12. The normalized spacial score (nSPS) is 12.8. The van der Waals surface area contributed by atoms with Crippen LogP contribution in [-0.4, -0.2) is 16.6 Å². The first kappa shape index (κ1) is 12.2. The summed E-state index contributed by atoms with van der Waals surface area (Å²) in [7, 11) is 1.91. The second-order valence-electron chi connectivity index (χ2n) is 4.41. The molecule has 0 bridgehead atoms. The molecule has 0 aliphatic heterocycles. The van der Waals surface area contributed by atoms with Crippen molar-refractivity contribution in [3.8, 4) is 0 Å². The first-order chi connectivity index (χ1) is 8.02. The van der Waals surface area contributed by atoms with E-state index < -0.39 is 0 Å². The Labute approximate surface area is 107 Å². The minimum atomic E-state index is 0.323. The molecule has 92 valence electrons. The van der Waals surface area contributed by atoms with Crippen LogP contribution in [-0.2, 0) is 0 Å². The smallest absolute Gasteiger partial charge is 0.203 e. The topological polar surface area (TPSA) is 29.9 Å².